The molecule has 1 heterocycles. The van der Waals surface area contributed by atoms with Crippen molar-refractivity contribution in [3.8, 4) is 0 Å². The van der Waals surface area contributed by atoms with E-state index in [1.165, 1.54) is 0 Å². The number of ether oxygens (including phenoxy) is 1. The predicted octanol–water partition coefficient (Wildman–Crippen LogP) is 0.553. The molecule has 6 heteroatoms. The first-order valence-electron chi connectivity index (χ1n) is 4.06. The van der Waals surface area contributed by atoms with Crippen LogP contribution in [0.4, 0.5) is 4.79 Å². The van der Waals surface area contributed by atoms with E-state index in [2.05, 4.69) is 0 Å². The van der Waals surface area contributed by atoms with E-state index >= 15 is 0 Å². The van der Waals surface area contributed by atoms with Gasteiger partial charge in [-0.05, 0) is 13.8 Å². The number of carbonyl (C=O) groups is 1. The molecule has 0 unspecified atom stereocenters. The number of nitrogens with two attached hydrogens (primary N) is 1. The van der Waals surface area contributed by atoms with Gasteiger partial charge < -0.3 is 15.6 Å². The van der Waals surface area contributed by atoms with Gasteiger partial charge in [0.25, 0.3) is 0 Å². The Balaban J connectivity index is 2.91. The Bertz CT molecular complexity index is 305. The second-order valence-corrected chi connectivity index (χ2v) is 3.66. The van der Waals surface area contributed by atoms with Crippen LogP contribution in [0.1, 0.15) is 13.8 Å². The number of hydrogen-bond donors (Lipinski definition) is 3. The van der Waals surface area contributed by atoms with E-state index in [-0.39, 0.29) is 12.4 Å². The zero-order chi connectivity index (χ0) is 10.9. The molecule has 1 aliphatic rings. The van der Waals surface area contributed by atoms with Gasteiger partial charge in [0.2, 0.25) is 0 Å². The molecule has 0 aliphatic carbocycles. The highest BCUT2D eigenvalue weighted by Gasteiger charge is 2.41. The molecule has 1 amide bonds. The highest BCUT2D eigenvalue weighted by atomic mass is 16.6. The first-order chi connectivity index (χ1) is 6.34. The Hall–Kier alpha value is -1.72. The Morgan fingerprint density at radius 2 is 2.36 bits per heavy atom. The second kappa shape index (κ2) is 3.21. The monoisotopic (exact) mass is 199 g/mol. The Morgan fingerprint density at radius 3 is 2.71 bits per heavy atom. The van der Waals surface area contributed by atoms with Gasteiger partial charge >= 0.3 is 6.09 Å². The molecule has 14 heavy (non-hydrogen) atoms. The Morgan fingerprint density at radius 1 is 1.79 bits per heavy atom. The lowest BCUT2D eigenvalue weighted by Gasteiger charge is -2.26. The van der Waals surface area contributed by atoms with Crippen molar-refractivity contribution >= 4 is 11.9 Å². The lowest BCUT2D eigenvalue weighted by molar-refractivity contribution is 0.168. The van der Waals surface area contributed by atoms with Crippen LogP contribution in [-0.2, 0) is 4.74 Å². The topological polar surface area (TPSA) is 99.6 Å². The van der Waals surface area contributed by atoms with E-state index < -0.39 is 17.5 Å². The number of aliphatic hydroxyl groups excluding tert-OH is 1. The standard InChI is InChI=1S/C8H13N3O3/c1-8(2)4-14-7(13)11(8)5(9)3-6(10)12/h3,9,12H,4,10H2,1-2H3/b6-3+,9-5?. The van der Waals surface area contributed by atoms with Gasteiger partial charge in [-0.3, -0.25) is 10.3 Å². The van der Waals surface area contributed by atoms with Gasteiger partial charge in [0.15, 0.2) is 5.88 Å². The predicted molar refractivity (Wildman–Crippen MR) is 49.9 cm³/mol. The molecule has 6 nitrogen and oxygen atoms in total. The number of hydrogen-bond acceptors (Lipinski definition) is 5. The van der Waals surface area contributed by atoms with Crippen molar-refractivity contribution < 1.29 is 14.6 Å². The van der Waals surface area contributed by atoms with Gasteiger partial charge in [0, 0.05) is 6.08 Å². The van der Waals surface area contributed by atoms with Gasteiger partial charge in [-0.1, -0.05) is 0 Å². The molecule has 0 aromatic rings. The zero-order valence-electron chi connectivity index (χ0n) is 8.07. The van der Waals surface area contributed by atoms with Crippen molar-refractivity contribution in [3.63, 3.8) is 0 Å². The highest BCUT2D eigenvalue weighted by molar-refractivity contribution is 6.02. The van der Waals surface area contributed by atoms with Crippen molar-refractivity contribution in [1.29, 1.82) is 5.41 Å². The largest absolute Gasteiger partial charge is 0.495 e. The molecule has 78 valence electrons. The molecule has 0 atom stereocenters. The average Bonchev–Trinajstić information content (AvgIpc) is 2.24. The fourth-order valence-electron chi connectivity index (χ4n) is 1.24. The second-order valence-electron chi connectivity index (χ2n) is 3.66. The first kappa shape index (κ1) is 10.4. The highest BCUT2D eigenvalue weighted by Crippen LogP contribution is 2.23. The number of rotatable bonds is 1. The van der Waals surface area contributed by atoms with E-state index in [4.69, 9.17) is 21.0 Å². The summed E-state index contributed by atoms with van der Waals surface area (Å²) >= 11 is 0. The zero-order valence-corrected chi connectivity index (χ0v) is 8.07. The van der Waals surface area contributed by atoms with Crippen LogP contribution in [0.3, 0.4) is 0 Å². The van der Waals surface area contributed by atoms with E-state index in [0.717, 1.165) is 11.0 Å². The minimum absolute atomic E-state index is 0.183. The third-order valence-corrected chi connectivity index (χ3v) is 1.86. The SMILES string of the molecule is CC1(C)COC(=O)N1C(=N)/C=C(\N)O. The van der Waals surface area contributed by atoms with Crippen LogP contribution in [0.25, 0.3) is 0 Å². The molecular weight excluding hydrogens is 186 g/mol. The van der Waals surface area contributed by atoms with E-state index in [9.17, 15) is 4.79 Å². The van der Waals surface area contributed by atoms with E-state index in [1.54, 1.807) is 13.8 Å². The number of amidine groups is 1. The maximum atomic E-state index is 11.2. The lowest BCUT2D eigenvalue weighted by Crippen LogP contribution is -2.45. The summed E-state index contributed by atoms with van der Waals surface area (Å²) in [4.78, 5) is 12.4. The average molecular weight is 199 g/mol. The number of aliphatic hydroxyl groups is 1. The molecule has 1 rings (SSSR count). The third-order valence-electron chi connectivity index (χ3n) is 1.86. The number of nitrogens with zero attached hydrogens (tertiary/aromatic N) is 1. The number of nitrogens with one attached hydrogen (secondary N) is 1. The molecular formula is C8H13N3O3. The van der Waals surface area contributed by atoms with Crippen LogP contribution in [0.15, 0.2) is 12.0 Å². The smallest absolute Gasteiger partial charge is 0.416 e. The van der Waals surface area contributed by atoms with Gasteiger partial charge in [-0.15, -0.1) is 0 Å². The summed E-state index contributed by atoms with van der Waals surface area (Å²) in [6, 6.07) is 0. The summed E-state index contributed by atoms with van der Waals surface area (Å²) in [6.07, 6.45) is 0.395. The number of carbonyl (C=O) groups excluding carboxylic acids is 1. The van der Waals surface area contributed by atoms with Crippen molar-refractivity contribution in [2.75, 3.05) is 6.61 Å². The summed E-state index contributed by atoms with van der Waals surface area (Å²) in [5, 5.41) is 16.3. The Labute approximate surface area is 81.5 Å². The van der Waals surface area contributed by atoms with Gasteiger partial charge in [-0.25, -0.2) is 4.79 Å². The number of amides is 1. The minimum atomic E-state index is -0.600. The first-order valence-corrected chi connectivity index (χ1v) is 4.06. The van der Waals surface area contributed by atoms with Crippen molar-refractivity contribution in [3.05, 3.63) is 12.0 Å². The quantitative estimate of drug-likeness (QED) is 0.326. The molecule has 0 aromatic heterocycles. The molecule has 0 spiro atoms. The number of cyclic esters (lactones) is 1. The van der Waals surface area contributed by atoms with E-state index in [0.29, 0.717) is 0 Å². The summed E-state index contributed by atoms with van der Waals surface area (Å²) in [7, 11) is 0. The van der Waals surface area contributed by atoms with Crippen molar-refractivity contribution in [2.45, 2.75) is 19.4 Å². The molecule has 1 saturated heterocycles. The molecule has 1 fully saturated rings. The summed E-state index contributed by atoms with van der Waals surface area (Å²) in [5.74, 6) is -0.692. The van der Waals surface area contributed by atoms with Crippen LogP contribution in [-0.4, -0.2) is 34.1 Å². The summed E-state index contributed by atoms with van der Waals surface area (Å²) in [6.45, 7) is 3.73. The minimum Gasteiger partial charge on any atom is -0.495 e. The van der Waals surface area contributed by atoms with Crippen LogP contribution in [0, 0.1) is 5.41 Å². The molecule has 0 saturated carbocycles. The maximum absolute atomic E-state index is 11.2. The van der Waals surface area contributed by atoms with Crippen LogP contribution < -0.4 is 5.73 Å². The molecule has 0 radical (unpaired) electrons. The lowest BCUT2D eigenvalue weighted by atomic mass is 10.1. The van der Waals surface area contributed by atoms with Gasteiger partial charge in [0.05, 0.1) is 5.54 Å². The van der Waals surface area contributed by atoms with Crippen LogP contribution in [0.2, 0.25) is 0 Å². The van der Waals surface area contributed by atoms with Crippen molar-refractivity contribution in [1.82, 2.24) is 4.90 Å². The molecule has 0 aromatic carbocycles. The normalized spacial score (nSPS) is 20.9. The molecule has 4 N–H and O–H groups in total. The summed E-state index contributed by atoms with van der Waals surface area (Å²) < 4.78 is 4.78. The maximum Gasteiger partial charge on any atom is 0.416 e. The molecule has 0 bridgehead atoms. The van der Waals surface area contributed by atoms with Gasteiger partial charge in [-0.2, -0.15) is 0 Å². The van der Waals surface area contributed by atoms with E-state index in [1.807, 2.05) is 0 Å². The fraction of sp³-hybridized carbons (Fsp3) is 0.500. The summed E-state index contributed by atoms with van der Waals surface area (Å²) in [5.41, 5.74) is 4.41. The molecule has 1 aliphatic heterocycles. The van der Waals surface area contributed by atoms with Crippen LogP contribution in [0.5, 0.6) is 0 Å². The van der Waals surface area contributed by atoms with Gasteiger partial charge in [0.1, 0.15) is 12.4 Å². The van der Waals surface area contributed by atoms with Crippen molar-refractivity contribution in [2.24, 2.45) is 5.73 Å². The fourth-order valence-corrected chi connectivity index (χ4v) is 1.24. The van der Waals surface area contributed by atoms with Crippen LogP contribution >= 0.6 is 0 Å². The Kier molecular flexibility index (Phi) is 2.37. The third kappa shape index (κ3) is 1.78.